The van der Waals surface area contributed by atoms with Crippen molar-refractivity contribution in [2.24, 2.45) is 0 Å². The van der Waals surface area contributed by atoms with Gasteiger partial charge in [0.05, 0.1) is 12.7 Å². The monoisotopic (exact) mass is 271 g/mol. The highest BCUT2D eigenvalue weighted by Gasteiger charge is 2.20. The lowest BCUT2D eigenvalue weighted by molar-refractivity contribution is -0.137. The Kier molecular flexibility index (Phi) is 4.97. The Morgan fingerprint density at radius 2 is 2.11 bits per heavy atom. The van der Waals surface area contributed by atoms with Crippen molar-refractivity contribution in [2.45, 2.75) is 6.92 Å². The van der Waals surface area contributed by atoms with Crippen LogP contribution in [0.1, 0.15) is 17.3 Å². The summed E-state index contributed by atoms with van der Waals surface area (Å²) in [6, 6.07) is 4.64. The molecule has 5 nitrogen and oxygen atoms in total. The summed E-state index contributed by atoms with van der Waals surface area (Å²) in [7, 11) is 1.44. The maximum atomic E-state index is 12.2. The van der Waals surface area contributed by atoms with Gasteiger partial charge in [0.25, 0.3) is 5.91 Å². The molecule has 0 unspecified atom stereocenters. The van der Waals surface area contributed by atoms with Gasteiger partial charge in [-0.3, -0.25) is 9.59 Å². The third-order valence-electron chi connectivity index (χ3n) is 2.39. The Hall–Kier alpha value is -1.75. The van der Waals surface area contributed by atoms with Crippen LogP contribution in [0.4, 0.5) is 0 Å². The Labute approximate surface area is 110 Å². The lowest BCUT2D eigenvalue weighted by Gasteiger charge is -2.19. The largest absolute Gasteiger partial charge is 0.496 e. The van der Waals surface area contributed by atoms with Crippen LogP contribution in [-0.4, -0.2) is 42.1 Å². The topological polar surface area (TPSA) is 66.8 Å². The number of nitrogens with zero attached hydrogens (tertiary/aromatic N) is 1. The van der Waals surface area contributed by atoms with Crippen molar-refractivity contribution in [3.8, 4) is 5.75 Å². The van der Waals surface area contributed by atoms with Crippen molar-refractivity contribution in [1.82, 2.24) is 4.90 Å². The van der Waals surface area contributed by atoms with Gasteiger partial charge in [-0.15, -0.1) is 0 Å². The van der Waals surface area contributed by atoms with Crippen LogP contribution >= 0.6 is 11.6 Å². The van der Waals surface area contributed by atoms with Crippen molar-refractivity contribution >= 4 is 23.5 Å². The van der Waals surface area contributed by atoms with Gasteiger partial charge in [-0.1, -0.05) is 11.6 Å². The summed E-state index contributed by atoms with van der Waals surface area (Å²) in [5, 5.41) is 9.13. The van der Waals surface area contributed by atoms with Crippen LogP contribution in [0, 0.1) is 0 Å². The van der Waals surface area contributed by atoms with Crippen LogP contribution in [0.15, 0.2) is 18.2 Å². The fourth-order valence-electron chi connectivity index (χ4n) is 1.51. The molecule has 0 saturated carbocycles. The molecule has 6 heteroatoms. The molecule has 0 aliphatic rings. The van der Waals surface area contributed by atoms with E-state index in [1.807, 2.05) is 0 Å². The number of ether oxygens (including phenoxy) is 1. The molecule has 1 aromatic carbocycles. The molecular weight excluding hydrogens is 258 g/mol. The maximum absolute atomic E-state index is 12.2. The van der Waals surface area contributed by atoms with E-state index in [1.54, 1.807) is 19.1 Å². The van der Waals surface area contributed by atoms with Gasteiger partial charge in [-0.2, -0.15) is 0 Å². The van der Waals surface area contributed by atoms with Crippen molar-refractivity contribution in [3.63, 3.8) is 0 Å². The maximum Gasteiger partial charge on any atom is 0.323 e. The molecule has 1 rings (SSSR count). The molecule has 0 heterocycles. The molecule has 0 spiro atoms. The van der Waals surface area contributed by atoms with Crippen LogP contribution in [-0.2, 0) is 4.79 Å². The summed E-state index contributed by atoms with van der Waals surface area (Å²) in [5.41, 5.74) is 0.258. The molecule has 0 aliphatic carbocycles. The van der Waals surface area contributed by atoms with Crippen LogP contribution in [0.25, 0.3) is 0 Å². The molecule has 1 aromatic rings. The number of hydrogen-bond acceptors (Lipinski definition) is 3. The number of hydrogen-bond donors (Lipinski definition) is 1. The highest BCUT2D eigenvalue weighted by atomic mass is 35.5. The highest BCUT2D eigenvalue weighted by molar-refractivity contribution is 6.31. The van der Waals surface area contributed by atoms with Crippen LogP contribution in [0.3, 0.4) is 0 Å². The predicted octanol–water partition coefficient (Wildman–Crippen LogP) is 1.90. The zero-order chi connectivity index (χ0) is 13.7. The molecule has 0 saturated heterocycles. The number of benzene rings is 1. The molecule has 0 bridgehead atoms. The molecule has 1 amide bonds. The first-order chi connectivity index (χ1) is 8.49. The van der Waals surface area contributed by atoms with E-state index in [9.17, 15) is 9.59 Å². The zero-order valence-corrected chi connectivity index (χ0v) is 10.9. The highest BCUT2D eigenvalue weighted by Crippen LogP contribution is 2.24. The average molecular weight is 272 g/mol. The molecule has 0 atom stereocenters. The van der Waals surface area contributed by atoms with E-state index < -0.39 is 11.9 Å². The Bertz CT molecular complexity index is 461. The molecule has 0 aromatic heterocycles. The predicted molar refractivity (Wildman–Crippen MR) is 67.2 cm³/mol. The first kappa shape index (κ1) is 14.3. The number of methoxy groups -OCH3 is 1. The van der Waals surface area contributed by atoms with E-state index in [2.05, 4.69) is 0 Å². The van der Waals surface area contributed by atoms with E-state index in [0.717, 1.165) is 0 Å². The summed E-state index contributed by atoms with van der Waals surface area (Å²) >= 11 is 5.83. The molecule has 98 valence electrons. The van der Waals surface area contributed by atoms with Gasteiger partial charge in [-0.05, 0) is 25.1 Å². The zero-order valence-electron chi connectivity index (χ0n) is 10.1. The van der Waals surface area contributed by atoms with E-state index in [0.29, 0.717) is 17.3 Å². The van der Waals surface area contributed by atoms with Crippen LogP contribution in [0.5, 0.6) is 5.75 Å². The number of rotatable bonds is 5. The first-order valence-corrected chi connectivity index (χ1v) is 5.72. The summed E-state index contributed by atoms with van der Waals surface area (Å²) in [6.07, 6.45) is 0. The minimum Gasteiger partial charge on any atom is -0.496 e. The molecular formula is C12H14ClNO4. The SMILES string of the molecule is CCN(CC(=O)O)C(=O)c1cc(Cl)ccc1OC. The number of halogens is 1. The van der Waals surface area contributed by atoms with Gasteiger partial charge in [0.2, 0.25) is 0 Å². The lowest BCUT2D eigenvalue weighted by Crippen LogP contribution is -2.35. The van der Waals surface area contributed by atoms with E-state index in [4.69, 9.17) is 21.4 Å². The summed E-state index contributed by atoms with van der Waals surface area (Å²) in [6.45, 7) is 1.64. The fourth-order valence-corrected chi connectivity index (χ4v) is 1.68. The van der Waals surface area contributed by atoms with Gasteiger partial charge in [0.15, 0.2) is 0 Å². The standard InChI is InChI=1S/C12H14ClNO4/c1-3-14(7-11(15)16)12(17)9-6-8(13)4-5-10(9)18-2/h4-6H,3,7H2,1-2H3,(H,15,16). The minimum absolute atomic E-state index is 0.258. The van der Waals surface area contributed by atoms with E-state index in [1.165, 1.54) is 18.1 Å². The second kappa shape index (κ2) is 6.26. The number of aliphatic carboxylic acids is 1. The average Bonchev–Trinajstić information content (AvgIpc) is 2.34. The quantitative estimate of drug-likeness (QED) is 0.888. The smallest absolute Gasteiger partial charge is 0.323 e. The summed E-state index contributed by atoms with van der Waals surface area (Å²) < 4.78 is 5.07. The Balaban J connectivity index is 3.07. The molecule has 18 heavy (non-hydrogen) atoms. The van der Waals surface area contributed by atoms with Crippen molar-refractivity contribution in [2.75, 3.05) is 20.2 Å². The number of carboxylic acids is 1. The van der Waals surface area contributed by atoms with Crippen molar-refractivity contribution < 1.29 is 19.4 Å². The Morgan fingerprint density at radius 1 is 1.44 bits per heavy atom. The molecule has 0 radical (unpaired) electrons. The molecule has 0 fully saturated rings. The van der Waals surface area contributed by atoms with Gasteiger partial charge < -0.3 is 14.7 Å². The van der Waals surface area contributed by atoms with Crippen LogP contribution in [0.2, 0.25) is 5.02 Å². The normalized spacial score (nSPS) is 9.94. The van der Waals surface area contributed by atoms with Gasteiger partial charge in [0, 0.05) is 11.6 Å². The summed E-state index contributed by atoms with van der Waals surface area (Å²) in [5.74, 6) is -1.11. The number of carboxylic acid groups (broad SMARTS) is 1. The molecule has 1 N–H and O–H groups in total. The third kappa shape index (κ3) is 3.37. The number of likely N-dealkylation sites (N-methyl/N-ethyl adjacent to an activating group) is 1. The minimum atomic E-state index is -1.06. The van der Waals surface area contributed by atoms with Crippen molar-refractivity contribution in [1.29, 1.82) is 0 Å². The van der Waals surface area contributed by atoms with E-state index >= 15 is 0 Å². The fraction of sp³-hybridized carbons (Fsp3) is 0.333. The number of carbonyl (C=O) groups excluding carboxylic acids is 1. The second-order valence-electron chi connectivity index (χ2n) is 3.56. The van der Waals surface area contributed by atoms with Crippen molar-refractivity contribution in [3.05, 3.63) is 28.8 Å². The lowest BCUT2D eigenvalue weighted by atomic mass is 10.1. The third-order valence-corrected chi connectivity index (χ3v) is 2.62. The van der Waals surface area contributed by atoms with E-state index in [-0.39, 0.29) is 12.1 Å². The second-order valence-corrected chi connectivity index (χ2v) is 3.99. The first-order valence-electron chi connectivity index (χ1n) is 5.34. The van der Waals surface area contributed by atoms with Crippen LogP contribution < -0.4 is 4.74 Å². The Morgan fingerprint density at radius 3 is 2.61 bits per heavy atom. The van der Waals surface area contributed by atoms with Gasteiger partial charge >= 0.3 is 5.97 Å². The number of amides is 1. The van der Waals surface area contributed by atoms with Gasteiger partial charge in [0.1, 0.15) is 12.3 Å². The van der Waals surface area contributed by atoms with Gasteiger partial charge in [-0.25, -0.2) is 0 Å². The summed E-state index contributed by atoms with van der Waals surface area (Å²) in [4.78, 5) is 24.0. The molecule has 0 aliphatic heterocycles. The number of carbonyl (C=O) groups is 2.